The number of nitrogens with zero attached hydrogens (tertiary/aromatic N) is 1. The summed E-state index contributed by atoms with van der Waals surface area (Å²) in [6.07, 6.45) is 4.15. The summed E-state index contributed by atoms with van der Waals surface area (Å²) in [5, 5.41) is 6.36. The largest absolute Gasteiger partial charge is 0.352 e. The van der Waals surface area contributed by atoms with Crippen molar-refractivity contribution in [3.05, 3.63) is 53.2 Å². The molecule has 1 fully saturated rings. The summed E-state index contributed by atoms with van der Waals surface area (Å²) in [7, 11) is 0. The van der Waals surface area contributed by atoms with Crippen LogP contribution in [0.4, 0.5) is 11.5 Å². The molecule has 4 nitrogen and oxygen atoms in total. The fourth-order valence-corrected chi connectivity index (χ4v) is 2.73. The van der Waals surface area contributed by atoms with E-state index in [2.05, 4.69) is 48.5 Å². The van der Waals surface area contributed by atoms with Crippen molar-refractivity contribution < 1.29 is 4.79 Å². The second kappa shape index (κ2) is 7.04. The van der Waals surface area contributed by atoms with Crippen LogP contribution in [-0.4, -0.2) is 17.4 Å². The van der Waals surface area contributed by atoms with Crippen molar-refractivity contribution in [3.8, 4) is 0 Å². The van der Waals surface area contributed by atoms with Gasteiger partial charge in [-0.3, -0.25) is 4.79 Å². The van der Waals surface area contributed by atoms with Crippen LogP contribution in [-0.2, 0) is 0 Å². The number of aromatic nitrogens is 1. The monoisotopic (exact) mass is 323 g/mol. The molecule has 1 amide bonds. The molecule has 0 saturated heterocycles. The van der Waals surface area contributed by atoms with E-state index in [9.17, 15) is 4.79 Å². The van der Waals surface area contributed by atoms with Gasteiger partial charge < -0.3 is 10.6 Å². The van der Waals surface area contributed by atoms with Crippen molar-refractivity contribution in [1.82, 2.24) is 10.3 Å². The Balaban J connectivity index is 1.79. The number of aryl methyl sites for hydroxylation is 1. The molecule has 1 aliphatic carbocycles. The topological polar surface area (TPSA) is 54.0 Å². The van der Waals surface area contributed by atoms with Gasteiger partial charge in [0.15, 0.2) is 0 Å². The minimum Gasteiger partial charge on any atom is -0.352 e. The molecule has 1 aromatic heterocycles. The van der Waals surface area contributed by atoms with Crippen LogP contribution >= 0.6 is 0 Å². The summed E-state index contributed by atoms with van der Waals surface area (Å²) >= 11 is 0. The predicted molar refractivity (Wildman–Crippen MR) is 97.8 cm³/mol. The van der Waals surface area contributed by atoms with Crippen LogP contribution in [0.1, 0.15) is 54.1 Å². The molecule has 0 atom stereocenters. The van der Waals surface area contributed by atoms with E-state index in [-0.39, 0.29) is 11.8 Å². The van der Waals surface area contributed by atoms with E-state index in [0.717, 1.165) is 23.6 Å². The highest BCUT2D eigenvalue weighted by molar-refractivity contribution is 5.96. The lowest BCUT2D eigenvalue weighted by molar-refractivity contribution is 0.0950. The number of benzene rings is 1. The van der Waals surface area contributed by atoms with E-state index in [1.54, 1.807) is 6.20 Å². The number of nitrogens with one attached hydrogen (secondary N) is 2. The Morgan fingerprint density at radius 3 is 2.75 bits per heavy atom. The smallest absolute Gasteiger partial charge is 0.253 e. The maximum absolute atomic E-state index is 12.4. The van der Waals surface area contributed by atoms with Gasteiger partial charge in [0.05, 0.1) is 5.56 Å². The van der Waals surface area contributed by atoms with Crippen molar-refractivity contribution in [2.45, 2.75) is 39.5 Å². The van der Waals surface area contributed by atoms with Gasteiger partial charge in [0, 0.05) is 18.4 Å². The van der Waals surface area contributed by atoms with Gasteiger partial charge >= 0.3 is 0 Å². The minimum absolute atomic E-state index is 0.0137. The maximum Gasteiger partial charge on any atom is 0.253 e. The zero-order chi connectivity index (χ0) is 17.1. The van der Waals surface area contributed by atoms with Crippen LogP contribution in [0.15, 0.2) is 36.5 Å². The maximum atomic E-state index is 12.4. The van der Waals surface area contributed by atoms with Crippen LogP contribution in [0.2, 0.25) is 0 Å². The Bertz CT molecular complexity index is 735. The molecule has 0 spiro atoms. The van der Waals surface area contributed by atoms with Crippen molar-refractivity contribution in [2.75, 3.05) is 11.9 Å². The molecule has 1 saturated carbocycles. The number of hydrogen-bond donors (Lipinski definition) is 2. The first kappa shape index (κ1) is 16.5. The lowest BCUT2D eigenvalue weighted by atomic mass is 9.98. The highest BCUT2D eigenvalue weighted by Crippen LogP contribution is 2.28. The van der Waals surface area contributed by atoms with Crippen LogP contribution in [0, 0.1) is 12.8 Å². The normalized spacial score (nSPS) is 13.8. The third-order valence-corrected chi connectivity index (χ3v) is 4.34. The van der Waals surface area contributed by atoms with Gasteiger partial charge in [-0.1, -0.05) is 26.0 Å². The van der Waals surface area contributed by atoms with E-state index in [1.165, 1.54) is 18.4 Å². The summed E-state index contributed by atoms with van der Waals surface area (Å²) in [4.78, 5) is 16.9. The molecule has 0 unspecified atom stereocenters. The SMILES string of the molecule is Cc1cccc(Nc2cc(C(C)C)c(C(=O)NCC3CC3)cn2)c1. The third-order valence-electron chi connectivity index (χ3n) is 4.34. The van der Waals surface area contributed by atoms with Crippen molar-refractivity contribution >= 4 is 17.4 Å². The highest BCUT2D eigenvalue weighted by atomic mass is 16.1. The van der Waals surface area contributed by atoms with E-state index in [0.29, 0.717) is 11.5 Å². The average Bonchev–Trinajstić information content (AvgIpc) is 3.37. The molecule has 2 aromatic rings. The molecule has 0 bridgehead atoms. The first-order chi connectivity index (χ1) is 11.5. The Kier molecular flexibility index (Phi) is 4.84. The zero-order valence-corrected chi connectivity index (χ0v) is 14.6. The third kappa shape index (κ3) is 4.13. The summed E-state index contributed by atoms with van der Waals surface area (Å²) in [5.74, 6) is 1.68. The number of rotatable bonds is 6. The Labute approximate surface area is 143 Å². The minimum atomic E-state index is -0.0137. The van der Waals surface area contributed by atoms with Gasteiger partial charge in [0.1, 0.15) is 5.82 Å². The van der Waals surface area contributed by atoms with Crippen LogP contribution in [0.3, 0.4) is 0 Å². The fraction of sp³-hybridized carbons (Fsp3) is 0.400. The second-order valence-electron chi connectivity index (χ2n) is 6.96. The predicted octanol–water partition coefficient (Wildman–Crippen LogP) is 4.40. The molecule has 126 valence electrons. The highest BCUT2D eigenvalue weighted by Gasteiger charge is 2.23. The molecule has 1 aromatic carbocycles. The fourth-order valence-electron chi connectivity index (χ4n) is 2.73. The van der Waals surface area contributed by atoms with E-state index in [1.807, 2.05) is 18.2 Å². The number of anilines is 2. The number of carbonyl (C=O) groups is 1. The number of pyridine rings is 1. The average molecular weight is 323 g/mol. The van der Waals surface area contributed by atoms with Crippen LogP contribution in [0.5, 0.6) is 0 Å². The van der Waals surface area contributed by atoms with Crippen LogP contribution in [0.25, 0.3) is 0 Å². The molecule has 1 aliphatic rings. The zero-order valence-electron chi connectivity index (χ0n) is 14.6. The van der Waals surface area contributed by atoms with Crippen molar-refractivity contribution in [3.63, 3.8) is 0 Å². The molecule has 0 aliphatic heterocycles. The van der Waals surface area contributed by atoms with E-state index < -0.39 is 0 Å². The standard InChI is InChI=1S/C20H25N3O/c1-13(2)17-10-19(23-16-6-4-5-14(3)9-16)21-12-18(17)20(24)22-11-15-7-8-15/h4-6,9-10,12-13,15H,7-8,11H2,1-3H3,(H,21,23)(H,22,24). The van der Waals surface area contributed by atoms with Gasteiger partial charge in [-0.25, -0.2) is 4.98 Å². The van der Waals surface area contributed by atoms with Gasteiger partial charge in [-0.15, -0.1) is 0 Å². The molecular formula is C20H25N3O. The second-order valence-corrected chi connectivity index (χ2v) is 6.96. The Morgan fingerprint density at radius 2 is 2.08 bits per heavy atom. The van der Waals surface area contributed by atoms with Gasteiger partial charge in [0.2, 0.25) is 0 Å². The summed E-state index contributed by atoms with van der Waals surface area (Å²) in [6.45, 7) is 7.04. The quantitative estimate of drug-likeness (QED) is 0.828. The summed E-state index contributed by atoms with van der Waals surface area (Å²) in [5.41, 5.74) is 3.90. The van der Waals surface area contributed by atoms with Gasteiger partial charge in [-0.2, -0.15) is 0 Å². The summed E-state index contributed by atoms with van der Waals surface area (Å²) in [6, 6.07) is 10.2. The molecule has 4 heteroatoms. The first-order valence-corrected chi connectivity index (χ1v) is 8.64. The molecule has 24 heavy (non-hydrogen) atoms. The summed E-state index contributed by atoms with van der Waals surface area (Å²) < 4.78 is 0. The van der Waals surface area contributed by atoms with Gasteiger partial charge in [0.25, 0.3) is 5.91 Å². The number of amides is 1. The number of hydrogen-bond acceptors (Lipinski definition) is 3. The molecule has 1 heterocycles. The molecule has 2 N–H and O–H groups in total. The van der Waals surface area contributed by atoms with Crippen molar-refractivity contribution in [2.24, 2.45) is 5.92 Å². The van der Waals surface area contributed by atoms with Crippen molar-refractivity contribution in [1.29, 1.82) is 0 Å². The lowest BCUT2D eigenvalue weighted by Gasteiger charge is -2.15. The van der Waals surface area contributed by atoms with E-state index >= 15 is 0 Å². The number of carbonyl (C=O) groups excluding carboxylic acids is 1. The Hall–Kier alpha value is -2.36. The first-order valence-electron chi connectivity index (χ1n) is 8.64. The van der Waals surface area contributed by atoms with E-state index in [4.69, 9.17) is 0 Å². The van der Waals surface area contributed by atoms with Crippen LogP contribution < -0.4 is 10.6 Å². The molecule has 0 radical (unpaired) electrons. The molecular weight excluding hydrogens is 298 g/mol. The Morgan fingerprint density at radius 1 is 1.29 bits per heavy atom. The van der Waals surface area contributed by atoms with Gasteiger partial charge in [-0.05, 0) is 60.9 Å². The molecule has 3 rings (SSSR count). The lowest BCUT2D eigenvalue weighted by Crippen LogP contribution is -2.27.